The Morgan fingerprint density at radius 3 is 2.17 bits per heavy atom. The van der Waals surface area contributed by atoms with Crippen molar-refractivity contribution in [1.82, 2.24) is 20.2 Å². The molecule has 0 unspecified atom stereocenters. The molecule has 0 radical (unpaired) electrons. The van der Waals surface area contributed by atoms with Crippen LogP contribution in [0.1, 0.15) is 42.1 Å². The minimum Gasteiger partial charge on any atom is -0.487 e. The predicted octanol–water partition coefficient (Wildman–Crippen LogP) is 5.05. The average Bonchev–Trinajstić information content (AvgIpc) is 3.19. The van der Waals surface area contributed by atoms with Crippen molar-refractivity contribution in [3.63, 3.8) is 0 Å². The number of hydrogen-bond donors (Lipinski definition) is 0. The second-order valence-corrected chi connectivity index (χ2v) is 7.80. The van der Waals surface area contributed by atoms with Crippen LogP contribution in [0.5, 0.6) is 5.75 Å². The average molecular weight is 400 g/mol. The molecular weight excluding hydrogens is 376 g/mol. The lowest BCUT2D eigenvalue weighted by atomic mass is 9.78. The Balaban J connectivity index is 1.45. The Hall–Kier alpha value is -3.54. The van der Waals surface area contributed by atoms with Crippen LogP contribution in [0, 0.1) is 13.8 Å². The zero-order valence-corrected chi connectivity index (χ0v) is 17.6. The molecule has 0 spiro atoms. The maximum absolute atomic E-state index is 5.92. The van der Waals surface area contributed by atoms with Crippen LogP contribution in [0.3, 0.4) is 0 Å². The molecule has 152 valence electrons. The fourth-order valence-corrected chi connectivity index (χ4v) is 3.23. The van der Waals surface area contributed by atoms with E-state index in [1.807, 2.05) is 18.2 Å². The largest absolute Gasteiger partial charge is 0.487 e. The normalized spacial score (nSPS) is 11.5. The Labute approximate surface area is 176 Å². The number of ether oxygens (including phenoxy) is 1. The van der Waals surface area contributed by atoms with Gasteiger partial charge in [-0.25, -0.2) is 9.97 Å². The highest BCUT2D eigenvalue weighted by Crippen LogP contribution is 2.32. The van der Waals surface area contributed by atoms with Crippen LogP contribution in [0.2, 0.25) is 0 Å². The maximum Gasteiger partial charge on any atom is 0.285 e. The quantitative estimate of drug-likeness (QED) is 0.451. The first-order chi connectivity index (χ1) is 14.4. The smallest absolute Gasteiger partial charge is 0.285 e. The molecule has 6 nitrogen and oxygen atoms in total. The summed E-state index contributed by atoms with van der Waals surface area (Å²) >= 11 is 0. The van der Waals surface area contributed by atoms with Crippen molar-refractivity contribution in [2.45, 2.75) is 39.7 Å². The molecule has 0 N–H and O–H groups in total. The SMILES string of the molecule is Cc1ccc(C(C)(C)c2ccc(OCc3ccnc(-c4nnc(C)o4)n3)cc2)cc1. The molecule has 0 aliphatic carbocycles. The molecule has 0 atom stereocenters. The fourth-order valence-electron chi connectivity index (χ4n) is 3.23. The van der Waals surface area contributed by atoms with E-state index in [0.29, 0.717) is 24.2 Å². The second-order valence-electron chi connectivity index (χ2n) is 7.80. The summed E-state index contributed by atoms with van der Waals surface area (Å²) in [6.07, 6.45) is 1.66. The van der Waals surface area contributed by atoms with Gasteiger partial charge in [0.1, 0.15) is 12.4 Å². The van der Waals surface area contributed by atoms with Crippen molar-refractivity contribution in [2.24, 2.45) is 0 Å². The van der Waals surface area contributed by atoms with Crippen molar-refractivity contribution < 1.29 is 9.15 Å². The third-order valence-electron chi connectivity index (χ3n) is 5.17. The summed E-state index contributed by atoms with van der Waals surface area (Å²) in [4.78, 5) is 8.63. The number of benzene rings is 2. The first-order valence-electron chi connectivity index (χ1n) is 9.85. The highest BCUT2D eigenvalue weighted by molar-refractivity contribution is 5.41. The fraction of sp³-hybridized carbons (Fsp3) is 0.250. The molecule has 4 rings (SSSR count). The van der Waals surface area contributed by atoms with Crippen LogP contribution in [0.4, 0.5) is 0 Å². The highest BCUT2D eigenvalue weighted by atomic mass is 16.5. The second kappa shape index (κ2) is 8.06. The summed E-state index contributed by atoms with van der Waals surface area (Å²) in [5.74, 6) is 1.96. The van der Waals surface area contributed by atoms with Gasteiger partial charge in [-0.05, 0) is 36.2 Å². The molecular formula is C24H24N4O2. The maximum atomic E-state index is 5.92. The summed E-state index contributed by atoms with van der Waals surface area (Å²) in [6, 6.07) is 18.7. The van der Waals surface area contributed by atoms with Gasteiger partial charge >= 0.3 is 0 Å². The van der Waals surface area contributed by atoms with E-state index in [9.17, 15) is 0 Å². The van der Waals surface area contributed by atoms with E-state index in [1.165, 1.54) is 16.7 Å². The number of aryl methyl sites for hydroxylation is 2. The van der Waals surface area contributed by atoms with Gasteiger partial charge in [0.2, 0.25) is 11.7 Å². The molecule has 0 saturated heterocycles. The van der Waals surface area contributed by atoms with Crippen molar-refractivity contribution in [1.29, 1.82) is 0 Å². The van der Waals surface area contributed by atoms with E-state index >= 15 is 0 Å². The van der Waals surface area contributed by atoms with Gasteiger partial charge in [0.05, 0.1) is 5.69 Å². The minimum absolute atomic E-state index is 0.0873. The number of nitrogens with zero attached hydrogens (tertiary/aromatic N) is 4. The standard InChI is InChI=1S/C24H24N4O2/c1-16-5-7-18(8-6-16)24(3,4)19-9-11-21(12-10-19)29-15-20-13-14-25-22(26-20)23-28-27-17(2)30-23/h5-14H,15H2,1-4H3. The molecule has 4 aromatic rings. The van der Waals surface area contributed by atoms with E-state index in [2.05, 4.69) is 77.3 Å². The zero-order chi connectivity index (χ0) is 21.1. The summed E-state index contributed by atoms with van der Waals surface area (Å²) in [5.41, 5.74) is 4.43. The molecule has 0 amide bonds. The van der Waals surface area contributed by atoms with E-state index in [0.717, 1.165) is 11.4 Å². The molecule has 6 heteroatoms. The highest BCUT2D eigenvalue weighted by Gasteiger charge is 2.22. The van der Waals surface area contributed by atoms with Crippen LogP contribution in [-0.2, 0) is 12.0 Å². The van der Waals surface area contributed by atoms with Crippen LogP contribution in [0.25, 0.3) is 11.7 Å². The van der Waals surface area contributed by atoms with E-state index in [-0.39, 0.29) is 5.41 Å². The topological polar surface area (TPSA) is 73.9 Å². The van der Waals surface area contributed by atoms with Crippen molar-refractivity contribution in [3.8, 4) is 17.5 Å². The minimum atomic E-state index is -0.0873. The van der Waals surface area contributed by atoms with E-state index < -0.39 is 0 Å². The number of hydrogen-bond acceptors (Lipinski definition) is 6. The molecule has 2 aromatic carbocycles. The summed E-state index contributed by atoms with van der Waals surface area (Å²) in [5, 5.41) is 7.77. The van der Waals surface area contributed by atoms with Gasteiger partial charge in [-0.2, -0.15) is 0 Å². The third kappa shape index (κ3) is 4.22. The zero-order valence-electron chi connectivity index (χ0n) is 17.6. The molecule has 30 heavy (non-hydrogen) atoms. The lowest BCUT2D eigenvalue weighted by Gasteiger charge is -2.26. The first kappa shape index (κ1) is 19.8. The van der Waals surface area contributed by atoms with Crippen molar-refractivity contribution in [3.05, 3.63) is 89.1 Å². The first-order valence-corrected chi connectivity index (χ1v) is 9.85. The lowest BCUT2D eigenvalue weighted by Crippen LogP contribution is -2.18. The summed E-state index contributed by atoms with van der Waals surface area (Å²) in [7, 11) is 0. The number of aromatic nitrogens is 4. The molecule has 2 heterocycles. The van der Waals surface area contributed by atoms with Gasteiger partial charge in [-0.15, -0.1) is 10.2 Å². The van der Waals surface area contributed by atoms with Crippen LogP contribution >= 0.6 is 0 Å². The Kier molecular flexibility index (Phi) is 5.31. The Morgan fingerprint density at radius 2 is 1.53 bits per heavy atom. The van der Waals surface area contributed by atoms with Crippen molar-refractivity contribution >= 4 is 0 Å². The lowest BCUT2D eigenvalue weighted by molar-refractivity contribution is 0.301. The molecule has 0 aliphatic rings. The molecule has 0 saturated carbocycles. The Morgan fingerprint density at radius 1 is 0.867 bits per heavy atom. The number of rotatable bonds is 6. The molecule has 0 fully saturated rings. The Bertz CT molecular complexity index is 1130. The van der Waals surface area contributed by atoms with Crippen molar-refractivity contribution in [2.75, 3.05) is 0 Å². The van der Waals surface area contributed by atoms with Gasteiger partial charge in [0.15, 0.2) is 0 Å². The molecule has 0 aliphatic heterocycles. The summed E-state index contributed by atoms with van der Waals surface area (Å²) < 4.78 is 11.3. The van der Waals surface area contributed by atoms with E-state index in [1.54, 1.807) is 13.1 Å². The third-order valence-corrected chi connectivity index (χ3v) is 5.17. The van der Waals surface area contributed by atoms with E-state index in [4.69, 9.17) is 9.15 Å². The van der Waals surface area contributed by atoms with Crippen LogP contribution in [0.15, 0.2) is 65.2 Å². The van der Waals surface area contributed by atoms with Gasteiger partial charge in [-0.3, -0.25) is 0 Å². The van der Waals surface area contributed by atoms with Gasteiger partial charge in [-0.1, -0.05) is 55.8 Å². The van der Waals surface area contributed by atoms with Gasteiger partial charge in [0.25, 0.3) is 5.89 Å². The van der Waals surface area contributed by atoms with Gasteiger partial charge in [0, 0.05) is 18.5 Å². The van der Waals surface area contributed by atoms with Gasteiger partial charge < -0.3 is 9.15 Å². The molecule has 2 aromatic heterocycles. The van der Waals surface area contributed by atoms with Crippen LogP contribution in [-0.4, -0.2) is 20.2 Å². The van der Waals surface area contributed by atoms with Crippen LogP contribution < -0.4 is 4.74 Å². The predicted molar refractivity (Wildman–Crippen MR) is 114 cm³/mol. The summed E-state index contributed by atoms with van der Waals surface area (Å²) in [6.45, 7) is 8.62. The molecule has 0 bridgehead atoms. The monoisotopic (exact) mass is 400 g/mol.